The van der Waals surface area contributed by atoms with Gasteiger partial charge >= 0.3 is 0 Å². The molecule has 0 spiro atoms. The minimum Gasteiger partial charge on any atom is -0.0654 e. The standard InChI is InChI=1S/C14H28/c1-3-5-7-10-14-12-8-11-13(14)9-6-4-2/h13-14H,3-12H2,1-2H3. The van der Waals surface area contributed by atoms with Crippen LogP contribution in [-0.2, 0) is 0 Å². The molecular weight excluding hydrogens is 168 g/mol. The average Bonchev–Trinajstić information content (AvgIpc) is 2.63. The molecule has 1 aliphatic rings. The fraction of sp³-hybridized carbons (Fsp3) is 1.00. The summed E-state index contributed by atoms with van der Waals surface area (Å²) in [5, 5.41) is 0. The van der Waals surface area contributed by atoms with E-state index in [2.05, 4.69) is 13.8 Å². The third-order valence-electron chi connectivity index (χ3n) is 3.92. The average molecular weight is 196 g/mol. The molecule has 0 heterocycles. The lowest BCUT2D eigenvalue weighted by Gasteiger charge is -2.19. The Hall–Kier alpha value is 0. The number of hydrogen-bond acceptors (Lipinski definition) is 0. The van der Waals surface area contributed by atoms with Gasteiger partial charge in [0, 0.05) is 0 Å². The summed E-state index contributed by atoms with van der Waals surface area (Å²) >= 11 is 0. The Bertz CT molecular complexity index is 128. The highest BCUT2D eigenvalue weighted by Gasteiger charge is 2.25. The smallest absolute Gasteiger partial charge is 0.0386 e. The van der Waals surface area contributed by atoms with Crippen molar-refractivity contribution in [2.24, 2.45) is 11.8 Å². The molecule has 0 aromatic rings. The van der Waals surface area contributed by atoms with Gasteiger partial charge in [0.1, 0.15) is 0 Å². The summed E-state index contributed by atoms with van der Waals surface area (Å²) in [6.45, 7) is 4.63. The first kappa shape index (κ1) is 12.1. The molecule has 0 aliphatic heterocycles. The second-order valence-corrected chi connectivity index (χ2v) is 5.09. The van der Waals surface area contributed by atoms with Crippen LogP contribution in [0, 0.1) is 11.8 Å². The van der Waals surface area contributed by atoms with Gasteiger partial charge in [0.15, 0.2) is 0 Å². The van der Waals surface area contributed by atoms with Gasteiger partial charge in [-0.05, 0) is 11.8 Å². The van der Waals surface area contributed by atoms with E-state index in [0.29, 0.717) is 0 Å². The van der Waals surface area contributed by atoms with E-state index in [9.17, 15) is 0 Å². The van der Waals surface area contributed by atoms with E-state index in [4.69, 9.17) is 0 Å². The van der Waals surface area contributed by atoms with Crippen LogP contribution in [0.2, 0.25) is 0 Å². The first-order chi connectivity index (χ1) is 6.88. The van der Waals surface area contributed by atoms with Gasteiger partial charge in [-0.1, -0.05) is 78.1 Å². The highest BCUT2D eigenvalue weighted by atomic mass is 14.3. The Kier molecular flexibility index (Phi) is 6.31. The maximum absolute atomic E-state index is 2.32. The van der Waals surface area contributed by atoms with E-state index in [-0.39, 0.29) is 0 Å². The van der Waals surface area contributed by atoms with E-state index in [1.54, 1.807) is 0 Å². The maximum atomic E-state index is 2.32. The van der Waals surface area contributed by atoms with E-state index in [0.717, 1.165) is 11.8 Å². The summed E-state index contributed by atoms with van der Waals surface area (Å²) in [5.41, 5.74) is 0. The number of unbranched alkanes of at least 4 members (excludes halogenated alkanes) is 3. The van der Waals surface area contributed by atoms with Gasteiger partial charge < -0.3 is 0 Å². The molecular formula is C14H28. The second kappa shape index (κ2) is 7.31. The highest BCUT2D eigenvalue weighted by Crippen LogP contribution is 2.38. The van der Waals surface area contributed by atoms with Gasteiger partial charge in [-0.25, -0.2) is 0 Å². The molecule has 0 nitrogen and oxygen atoms in total. The summed E-state index contributed by atoms with van der Waals surface area (Å²) in [6, 6.07) is 0. The predicted molar refractivity (Wildman–Crippen MR) is 64.5 cm³/mol. The van der Waals surface area contributed by atoms with E-state index in [1.165, 1.54) is 64.2 Å². The Morgan fingerprint density at radius 1 is 0.786 bits per heavy atom. The van der Waals surface area contributed by atoms with Crippen molar-refractivity contribution in [1.29, 1.82) is 0 Å². The van der Waals surface area contributed by atoms with Crippen LogP contribution in [0.4, 0.5) is 0 Å². The fourth-order valence-corrected chi connectivity index (χ4v) is 3.00. The molecule has 84 valence electrons. The van der Waals surface area contributed by atoms with Crippen LogP contribution in [0.25, 0.3) is 0 Å². The van der Waals surface area contributed by atoms with E-state index in [1.807, 2.05) is 0 Å². The molecule has 0 heteroatoms. The van der Waals surface area contributed by atoms with E-state index >= 15 is 0 Å². The molecule has 2 unspecified atom stereocenters. The quantitative estimate of drug-likeness (QED) is 0.493. The van der Waals surface area contributed by atoms with Crippen molar-refractivity contribution in [3.63, 3.8) is 0 Å². The first-order valence-electron chi connectivity index (χ1n) is 6.88. The van der Waals surface area contributed by atoms with Crippen LogP contribution < -0.4 is 0 Å². The number of hydrogen-bond donors (Lipinski definition) is 0. The summed E-state index contributed by atoms with van der Waals surface area (Å²) in [6.07, 6.45) is 14.8. The molecule has 1 rings (SSSR count). The lowest BCUT2D eigenvalue weighted by atomic mass is 9.87. The van der Waals surface area contributed by atoms with Crippen LogP contribution in [0.15, 0.2) is 0 Å². The van der Waals surface area contributed by atoms with Gasteiger partial charge in [0.2, 0.25) is 0 Å². The zero-order valence-corrected chi connectivity index (χ0v) is 10.2. The minimum absolute atomic E-state index is 1.10. The summed E-state index contributed by atoms with van der Waals surface area (Å²) < 4.78 is 0. The molecule has 1 saturated carbocycles. The molecule has 0 radical (unpaired) electrons. The Balaban J connectivity index is 2.14. The zero-order chi connectivity index (χ0) is 10.2. The Labute approximate surface area is 90.5 Å². The van der Waals surface area contributed by atoms with Crippen LogP contribution in [0.5, 0.6) is 0 Å². The second-order valence-electron chi connectivity index (χ2n) is 5.09. The predicted octanol–water partition coefficient (Wildman–Crippen LogP) is 5.17. The van der Waals surface area contributed by atoms with Gasteiger partial charge in [-0.3, -0.25) is 0 Å². The lowest BCUT2D eigenvalue weighted by molar-refractivity contribution is 0.326. The molecule has 2 atom stereocenters. The first-order valence-corrected chi connectivity index (χ1v) is 6.88. The maximum Gasteiger partial charge on any atom is -0.0386 e. The molecule has 1 aliphatic carbocycles. The van der Waals surface area contributed by atoms with Gasteiger partial charge in [0.25, 0.3) is 0 Å². The molecule has 0 N–H and O–H groups in total. The minimum atomic E-state index is 1.10. The Morgan fingerprint density at radius 3 is 1.93 bits per heavy atom. The molecule has 0 aromatic carbocycles. The Morgan fingerprint density at radius 2 is 1.36 bits per heavy atom. The largest absolute Gasteiger partial charge is 0.0654 e. The van der Waals surface area contributed by atoms with Gasteiger partial charge in [-0.15, -0.1) is 0 Å². The third kappa shape index (κ3) is 4.02. The lowest BCUT2D eigenvalue weighted by Crippen LogP contribution is -2.07. The monoisotopic (exact) mass is 196 g/mol. The molecule has 0 saturated heterocycles. The summed E-state index contributed by atoms with van der Waals surface area (Å²) in [5.74, 6) is 2.21. The van der Waals surface area contributed by atoms with Gasteiger partial charge in [0.05, 0.1) is 0 Å². The molecule has 0 bridgehead atoms. The van der Waals surface area contributed by atoms with Crippen LogP contribution >= 0.6 is 0 Å². The molecule has 0 aromatic heterocycles. The van der Waals surface area contributed by atoms with Crippen molar-refractivity contribution in [2.45, 2.75) is 78.1 Å². The highest BCUT2D eigenvalue weighted by molar-refractivity contribution is 4.77. The topological polar surface area (TPSA) is 0 Å². The van der Waals surface area contributed by atoms with Crippen molar-refractivity contribution in [3.8, 4) is 0 Å². The summed E-state index contributed by atoms with van der Waals surface area (Å²) in [4.78, 5) is 0. The molecule has 0 amide bonds. The van der Waals surface area contributed by atoms with Crippen LogP contribution in [0.3, 0.4) is 0 Å². The third-order valence-corrected chi connectivity index (χ3v) is 3.92. The van der Waals surface area contributed by atoms with Crippen LogP contribution in [0.1, 0.15) is 78.1 Å². The molecule has 14 heavy (non-hydrogen) atoms. The van der Waals surface area contributed by atoms with Crippen molar-refractivity contribution in [2.75, 3.05) is 0 Å². The fourth-order valence-electron chi connectivity index (χ4n) is 3.00. The van der Waals surface area contributed by atoms with Crippen molar-refractivity contribution < 1.29 is 0 Å². The van der Waals surface area contributed by atoms with Crippen molar-refractivity contribution in [1.82, 2.24) is 0 Å². The van der Waals surface area contributed by atoms with Gasteiger partial charge in [-0.2, -0.15) is 0 Å². The SMILES string of the molecule is CCCCCC1CCCC1CCCC. The summed E-state index contributed by atoms with van der Waals surface area (Å²) in [7, 11) is 0. The van der Waals surface area contributed by atoms with Crippen molar-refractivity contribution in [3.05, 3.63) is 0 Å². The number of rotatable bonds is 7. The van der Waals surface area contributed by atoms with Crippen LogP contribution in [-0.4, -0.2) is 0 Å². The normalized spacial score (nSPS) is 27.0. The zero-order valence-electron chi connectivity index (χ0n) is 10.2. The molecule has 1 fully saturated rings. The van der Waals surface area contributed by atoms with E-state index < -0.39 is 0 Å². The van der Waals surface area contributed by atoms with Crippen molar-refractivity contribution >= 4 is 0 Å².